The molecular formula is C15H18ClN3O2. The molecule has 0 aliphatic carbocycles. The Morgan fingerprint density at radius 2 is 2.05 bits per heavy atom. The van der Waals surface area contributed by atoms with Gasteiger partial charge in [0.1, 0.15) is 6.61 Å². The summed E-state index contributed by atoms with van der Waals surface area (Å²) < 4.78 is 6.92. The van der Waals surface area contributed by atoms with Crippen molar-refractivity contribution in [2.24, 2.45) is 7.05 Å². The molecule has 0 bridgehead atoms. The predicted octanol–water partition coefficient (Wildman–Crippen LogP) is 2.50. The second-order valence-electron chi connectivity index (χ2n) is 4.76. The molecule has 0 saturated carbocycles. The first kappa shape index (κ1) is 15.4. The molecular weight excluding hydrogens is 290 g/mol. The fraction of sp³-hybridized carbons (Fsp3) is 0.333. The van der Waals surface area contributed by atoms with Crippen molar-refractivity contribution >= 4 is 23.3 Å². The third-order valence-electron chi connectivity index (χ3n) is 3.20. The molecule has 0 aliphatic heterocycles. The van der Waals surface area contributed by atoms with Crippen LogP contribution in [-0.2, 0) is 36.0 Å². The van der Waals surface area contributed by atoms with Crippen molar-refractivity contribution < 1.29 is 9.53 Å². The monoisotopic (exact) mass is 307 g/mol. The maximum absolute atomic E-state index is 11.8. The van der Waals surface area contributed by atoms with E-state index in [0.29, 0.717) is 16.4 Å². The van der Waals surface area contributed by atoms with Crippen molar-refractivity contribution in [3.8, 4) is 0 Å². The highest BCUT2D eigenvalue weighted by Crippen LogP contribution is 2.21. The van der Waals surface area contributed by atoms with Crippen molar-refractivity contribution in [1.29, 1.82) is 0 Å². The van der Waals surface area contributed by atoms with Crippen molar-refractivity contribution in [2.45, 2.75) is 26.4 Å². The van der Waals surface area contributed by atoms with E-state index < -0.39 is 0 Å². The highest BCUT2D eigenvalue weighted by Gasteiger charge is 2.15. The first-order valence-electron chi connectivity index (χ1n) is 6.71. The average Bonchev–Trinajstić information content (AvgIpc) is 2.74. The molecule has 0 unspecified atom stereocenters. The number of hydrogen-bond donors (Lipinski definition) is 1. The SMILES string of the molecule is CCc1nn(C)c(COC(=O)Cc2ccc(N)cc2)c1Cl. The van der Waals surface area contributed by atoms with Gasteiger partial charge in [-0.05, 0) is 24.1 Å². The van der Waals surface area contributed by atoms with Gasteiger partial charge >= 0.3 is 5.97 Å². The average molecular weight is 308 g/mol. The quantitative estimate of drug-likeness (QED) is 0.680. The second kappa shape index (κ2) is 6.63. The number of halogens is 1. The van der Waals surface area contributed by atoms with Crippen LogP contribution >= 0.6 is 11.6 Å². The van der Waals surface area contributed by atoms with Crippen LogP contribution in [-0.4, -0.2) is 15.7 Å². The number of benzene rings is 1. The summed E-state index contributed by atoms with van der Waals surface area (Å²) in [5.74, 6) is -0.310. The molecule has 6 heteroatoms. The van der Waals surface area contributed by atoms with Crippen molar-refractivity contribution in [1.82, 2.24) is 9.78 Å². The Morgan fingerprint density at radius 1 is 1.38 bits per heavy atom. The maximum atomic E-state index is 11.8. The third kappa shape index (κ3) is 3.76. The van der Waals surface area contributed by atoms with Gasteiger partial charge in [0.15, 0.2) is 0 Å². The molecule has 0 amide bonds. The predicted molar refractivity (Wildman–Crippen MR) is 82.0 cm³/mol. The number of nitrogen functional groups attached to an aromatic ring is 1. The molecule has 1 aromatic heterocycles. The highest BCUT2D eigenvalue weighted by atomic mass is 35.5. The molecule has 2 aromatic rings. The molecule has 0 fully saturated rings. The van der Waals surface area contributed by atoms with Gasteiger partial charge in [-0.3, -0.25) is 9.48 Å². The molecule has 0 saturated heterocycles. The van der Waals surface area contributed by atoms with Crippen LogP contribution in [0.1, 0.15) is 23.9 Å². The number of anilines is 1. The first-order valence-corrected chi connectivity index (χ1v) is 7.09. The molecule has 112 valence electrons. The molecule has 0 atom stereocenters. The summed E-state index contributed by atoms with van der Waals surface area (Å²) in [5, 5.41) is 4.85. The largest absolute Gasteiger partial charge is 0.459 e. The Kier molecular flexibility index (Phi) is 4.85. The number of nitrogens with two attached hydrogens (primary N) is 1. The summed E-state index contributed by atoms with van der Waals surface area (Å²) in [6, 6.07) is 7.13. The number of ether oxygens (including phenoxy) is 1. The summed E-state index contributed by atoms with van der Waals surface area (Å²) in [7, 11) is 1.79. The number of carbonyl (C=O) groups is 1. The zero-order chi connectivity index (χ0) is 15.4. The lowest BCUT2D eigenvalue weighted by Gasteiger charge is -2.06. The minimum atomic E-state index is -0.310. The van der Waals surface area contributed by atoms with E-state index in [-0.39, 0.29) is 19.0 Å². The van der Waals surface area contributed by atoms with E-state index in [1.54, 1.807) is 23.9 Å². The standard InChI is InChI=1S/C15H18ClN3O2/c1-3-12-15(16)13(19(2)18-12)9-21-14(20)8-10-4-6-11(17)7-5-10/h4-7H,3,8-9,17H2,1-2H3. The van der Waals surface area contributed by atoms with Crippen LogP contribution in [0.5, 0.6) is 0 Å². The van der Waals surface area contributed by atoms with Crippen molar-refractivity contribution in [3.05, 3.63) is 46.2 Å². The van der Waals surface area contributed by atoms with E-state index in [2.05, 4.69) is 5.10 Å². The summed E-state index contributed by atoms with van der Waals surface area (Å²) >= 11 is 6.20. The topological polar surface area (TPSA) is 70.1 Å². The van der Waals surface area contributed by atoms with Crippen LogP contribution in [0.2, 0.25) is 5.02 Å². The number of hydrogen-bond acceptors (Lipinski definition) is 4. The number of aryl methyl sites for hydroxylation is 2. The Labute approximate surface area is 128 Å². The van der Waals surface area contributed by atoms with Gasteiger partial charge in [0, 0.05) is 12.7 Å². The lowest BCUT2D eigenvalue weighted by atomic mass is 10.1. The third-order valence-corrected chi connectivity index (χ3v) is 3.64. The van der Waals surface area contributed by atoms with Gasteiger partial charge < -0.3 is 10.5 Å². The lowest BCUT2D eigenvalue weighted by Crippen LogP contribution is -2.10. The Bertz CT molecular complexity index is 635. The van der Waals surface area contributed by atoms with Crippen LogP contribution in [0.3, 0.4) is 0 Å². The van der Waals surface area contributed by atoms with E-state index in [9.17, 15) is 4.79 Å². The van der Waals surface area contributed by atoms with E-state index in [4.69, 9.17) is 22.1 Å². The van der Waals surface area contributed by atoms with Gasteiger partial charge in [-0.25, -0.2) is 0 Å². The Hall–Kier alpha value is -2.01. The number of carbonyl (C=O) groups excluding carboxylic acids is 1. The fourth-order valence-electron chi connectivity index (χ4n) is 1.98. The summed E-state index contributed by atoms with van der Waals surface area (Å²) in [6.07, 6.45) is 0.947. The Balaban J connectivity index is 1.95. The minimum absolute atomic E-state index is 0.121. The molecule has 5 nitrogen and oxygen atoms in total. The fourth-order valence-corrected chi connectivity index (χ4v) is 2.33. The van der Waals surface area contributed by atoms with E-state index in [0.717, 1.165) is 17.7 Å². The molecule has 0 aliphatic rings. The summed E-state index contributed by atoms with van der Waals surface area (Å²) in [5.41, 5.74) is 8.65. The molecule has 1 aromatic carbocycles. The van der Waals surface area contributed by atoms with Gasteiger partial charge in [0.2, 0.25) is 0 Å². The summed E-state index contributed by atoms with van der Waals surface area (Å²) in [4.78, 5) is 11.8. The molecule has 1 heterocycles. The van der Waals surface area contributed by atoms with Gasteiger partial charge in [0.25, 0.3) is 0 Å². The number of esters is 1. The molecule has 2 rings (SSSR count). The molecule has 21 heavy (non-hydrogen) atoms. The van der Waals surface area contributed by atoms with Gasteiger partial charge in [-0.15, -0.1) is 0 Å². The second-order valence-corrected chi connectivity index (χ2v) is 5.14. The number of aromatic nitrogens is 2. The van der Waals surface area contributed by atoms with E-state index in [1.165, 1.54) is 0 Å². The zero-order valence-electron chi connectivity index (χ0n) is 12.1. The van der Waals surface area contributed by atoms with E-state index in [1.807, 2.05) is 19.1 Å². The molecule has 0 spiro atoms. The highest BCUT2D eigenvalue weighted by molar-refractivity contribution is 6.31. The number of nitrogens with zero attached hydrogens (tertiary/aromatic N) is 2. The van der Waals surface area contributed by atoms with Gasteiger partial charge in [0.05, 0.1) is 22.8 Å². The summed E-state index contributed by atoms with van der Waals surface area (Å²) in [6.45, 7) is 2.10. The zero-order valence-corrected chi connectivity index (χ0v) is 12.9. The minimum Gasteiger partial charge on any atom is -0.459 e. The normalized spacial score (nSPS) is 10.6. The van der Waals surface area contributed by atoms with E-state index >= 15 is 0 Å². The number of rotatable bonds is 5. The van der Waals surface area contributed by atoms with Crippen molar-refractivity contribution in [3.63, 3.8) is 0 Å². The van der Waals surface area contributed by atoms with Crippen molar-refractivity contribution in [2.75, 3.05) is 5.73 Å². The van der Waals surface area contributed by atoms with Crippen LogP contribution in [0, 0.1) is 0 Å². The smallest absolute Gasteiger partial charge is 0.310 e. The van der Waals surface area contributed by atoms with Crippen LogP contribution < -0.4 is 5.73 Å². The molecule has 2 N–H and O–H groups in total. The van der Waals surface area contributed by atoms with Gasteiger partial charge in [-0.2, -0.15) is 5.10 Å². The molecule has 0 radical (unpaired) electrons. The van der Waals surface area contributed by atoms with Crippen LogP contribution in [0.15, 0.2) is 24.3 Å². The van der Waals surface area contributed by atoms with Crippen LogP contribution in [0.4, 0.5) is 5.69 Å². The first-order chi connectivity index (χ1) is 10.0. The lowest BCUT2D eigenvalue weighted by molar-refractivity contribution is -0.144. The Morgan fingerprint density at radius 3 is 2.62 bits per heavy atom. The van der Waals surface area contributed by atoms with Gasteiger partial charge in [-0.1, -0.05) is 30.7 Å². The van der Waals surface area contributed by atoms with Crippen LogP contribution in [0.25, 0.3) is 0 Å². The maximum Gasteiger partial charge on any atom is 0.310 e.